The highest BCUT2D eigenvalue weighted by molar-refractivity contribution is 5.71. The van der Waals surface area contributed by atoms with Crippen molar-refractivity contribution in [1.82, 2.24) is 4.90 Å². The first-order chi connectivity index (χ1) is 11.8. The molecule has 2 aliphatic rings. The van der Waals surface area contributed by atoms with Gasteiger partial charge in [0.15, 0.2) is 0 Å². The summed E-state index contributed by atoms with van der Waals surface area (Å²) < 4.78 is 10.2. The fourth-order valence-corrected chi connectivity index (χ4v) is 3.35. The number of unbranched alkanes of at least 4 members (excludes halogenated alkanes) is 1. The molecule has 2 atom stereocenters. The van der Waals surface area contributed by atoms with Gasteiger partial charge in [-0.3, -0.25) is 9.69 Å². The summed E-state index contributed by atoms with van der Waals surface area (Å²) in [6, 6.07) is 0.269. The number of amides is 1. The lowest BCUT2D eigenvalue weighted by Crippen LogP contribution is -2.44. The molecule has 2 heterocycles. The lowest BCUT2D eigenvalue weighted by Gasteiger charge is -2.31. The van der Waals surface area contributed by atoms with Crippen LogP contribution in [0.15, 0.2) is 11.6 Å². The first kappa shape index (κ1) is 19.4. The van der Waals surface area contributed by atoms with Crippen molar-refractivity contribution in [1.29, 1.82) is 0 Å². The van der Waals surface area contributed by atoms with E-state index in [4.69, 9.17) is 4.74 Å². The summed E-state index contributed by atoms with van der Waals surface area (Å²) in [6.07, 6.45) is 7.49. The van der Waals surface area contributed by atoms with Crippen molar-refractivity contribution >= 4 is 12.1 Å². The number of nitrogens with zero attached hydrogens (tertiary/aromatic N) is 1. The van der Waals surface area contributed by atoms with Crippen LogP contribution in [0.2, 0.25) is 0 Å². The number of hydrogen-bond acceptors (Lipinski definition) is 4. The first-order valence-electron chi connectivity index (χ1n) is 9.09. The highest BCUT2D eigenvalue weighted by Gasteiger charge is 2.41. The summed E-state index contributed by atoms with van der Waals surface area (Å²) in [5, 5.41) is 0. The van der Waals surface area contributed by atoms with Gasteiger partial charge in [-0.25, -0.2) is 4.79 Å². The topological polar surface area (TPSA) is 55.8 Å². The molecule has 1 amide bonds. The third-order valence-electron chi connectivity index (χ3n) is 4.47. The van der Waals surface area contributed by atoms with Crippen LogP contribution >= 0.6 is 0 Å². The molecule has 1 fully saturated rings. The number of ether oxygens (including phenoxy) is 2. The summed E-state index contributed by atoms with van der Waals surface area (Å²) in [6.45, 7) is 5.67. The van der Waals surface area contributed by atoms with Crippen LogP contribution in [0.5, 0.6) is 0 Å². The molecule has 25 heavy (non-hydrogen) atoms. The monoisotopic (exact) mass is 347 g/mol. The van der Waals surface area contributed by atoms with Gasteiger partial charge in [0.25, 0.3) is 0 Å². The number of fused-ring (bicyclic) bond motifs is 2. The van der Waals surface area contributed by atoms with Gasteiger partial charge < -0.3 is 9.47 Å². The van der Waals surface area contributed by atoms with Crippen LogP contribution in [-0.2, 0) is 14.3 Å². The fourth-order valence-electron chi connectivity index (χ4n) is 3.35. The number of hydrogen-bond donors (Lipinski definition) is 0. The largest absolute Gasteiger partial charge is 0.469 e. The lowest BCUT2D eigenvalue weighted by molar-refractivity contribution is -0.140. The number of carbonyl (C=O) groups excluding carboxylic acids is 2. The van der Waals surface area contributed by atoms with Crippen molar-refractivity contribution in [2.45, 2.75) is 83.4 Å². The molecule has 2 bridgehead atoms. The van der Waals surface area contributed by atoms with Crippen molar-refractivity contribution in [2.75, 3.05) is 7.11 Å². The van der Waals surface area contributed by atoms with Crippen LogP contribution < -0.4 is 0 Å². The predicted molar refractivity (Wildman–Crippen MR) is 95.8 cm³/mol. The van der Waals surface area contributed by atoms with Gasteiger partial charge in [-0.15, -0.1) is 0 Å². The summed E-state index contributed by atoms with van der Waals surface area (Å²) in [4.78, 5) is 25.6. The summed E-state index contributed by atoms with van der Waals surface area (Å²) in [7, 11) is 1.39. The maximum atomic E-state index is 12.6. The van der Waals surface area contributed by atoms with Gasteiger partial charge in [0.05, 0.1) is 13.2 Å². The SMILES string of the molecule is COC(=O)CCCC#CC1=CCCC2CCC1N2C(=O)OC(C)(C)C. The number of allylic oxidation sites excluding steroid dienone is 1. The lowest BCUT2D eigenvalue weighted by atomic mass is 10.00. The molecule has 5 heteroatoms. The molecule has 5 nitrogen and oxygen atoms in total. The van der Waals surface area contributed by atoms with E-state index in [1.807, 2.05) is 25.7 Å². The predicted octanol–water partition coefficient (Wildman–Crippen LogP) is 3.82. The molecule has 0 aromatic carbocycles. The first-order valence-corrected chi connectivity index (χ1v) is 9.09. The summed E-state index contributed by atoms with van der Waals surface area (Å²) in [5.41, 5.74) is 0.524. The molecule has 0 N–H and O–H groups in total. The van der Waals surface area contributed by atoms with E-state index in [1.54, 1.807) is 0 Å². The van der Waals surface area contributed by atoms with Gasteiger partial charge in [0.1, 0.15) is 5.60 Å². The Morgan fingerprint density at radius 1 is 1.28 bits per heavy atom. The Labute approximate surface area is 150 Å². The minimum atomic E-state index is -0.494. The normalized spacial score (nSPS) is 22.4. The molecule has 0 aliphatic carbocycles. The van der Waals surface area contributed by atoms with Gasteiger partial charge in [-0.05, 0) is 52.9 Å². The molecule has 2 rings (SSSR count). The van der Waals surface area contributed by atoms with E-state index in [0.717, 1.165) is 31.3 Å². The third kappa shape index (κ3) is 5.52. The van der Waals surface area contributed by atoms with Gasteiger partial charge in [0, 0.05) is 24.5 Å². The van der Waals surface area contributed by atoms with Gasteiger partial charge >= 0.3 is 12.1 Å². The van der Waals surface area contributed by atoms with E-state index < -0.39 is 5.60 Å². The smallest absolute Gasteiger partial charge is 0.411 e. The maximum Gasteiger partial charge on any atom is 0.411 e. The van der Waals surface area contributed by atoms with Crippen LogP contribution in [0.3, 0.4) is 0 Å². The standard InChI is InChI=1S/C20H29NO4/c1-20(2,3)25-19(23)21-16-11-8-10-15(17(21)14-13-16)9-6-5-7-12-18(22)24-4/h10,16-17H,5,7-8,11-14H2,1-4H3. The van der Waals surface area contributed by atoms with Crippen LogP contribution in [0, 0.1) is 11.8 Å². The summed E-state index contributed by atoms with van der Waals surface area (Å²) >= 11 is 0. The Balaban J connectivity index is 2.01. The molecule has 0 saturated carbocycles. The Morgan fingerprint density at radius 3 is 2.72 bits per heavy atom. The molecule has 2 unspecified atom stereocenters. The van der Waals surface area contributed by atoms with E-state index in [0.29, 0.717) is 19.3 Å². The fraction of sp³-hybridized carbons (Fsp3) is 0.700. The molecule has 0 spiro atoms. The molecular formula is C20H29NO4. The zero-order valence-corrected chi connectivity index (χ0v) is 15.8. The number of methoxy groups -OCH3 is 1. The van der Waals surface area contributed by atoms with Crippen LogP contribution in [0.1, 0.15) is 65.7 Å². The van der Waals surface area contributed by atoms with Crippen molar-refractivity contribution < 1.29 is 19.1 Å². The van der Waals surface area contributed by atoms with E-state index in [-0.39, 0.29) is 24.1 Å². The molecular weight excluding hydrogens is 318 g/mol. The van der Waals surface area contributed by atoms with Crippen molar-refractivity contribution in [3.05, 3.63) is 11.6 Å². The van der Waals surface area contributed by atoms with Crippen LogP contribution in [0.25, 0.3) is 0 Å². The highest BCUT2D eigenvalue weighted by atomic mass is 16.6. The third-order valence-corrected chi connectivity index (χ3v) is 4.47. The average molecular weight is 347 g/mol. The Morgan fingerprint density at radius 2 is 2.04 bits per heavy atom. The zero-order chi connectivity index (χ0) is 18.4. The second-order valence-electron chi connectivity index (χ2n) is 7.60. The van der Waals surface area contributed by atoms with Gasteiger partial charge in [0.2, 0.25) is 0 Å². The van der Waals surface area contributed by atoms with E-state index in [1.165, 1.54) is 7.11 Å². The number of rotatable bonds is 3. The van der Waals surface area contributed by atoms with Gasteiger partial charge in [-0.2, -0.15) is 0 Å². The van der Waals surface area contributed by atoms with E-state index in [2.05, 4.69) is 22.7 Å². The van der Waals surface area contributed by atoms with Crippen molar-refractivity contribution in [2.24, 2.45) is 0 Å². The average Bonchev–Trinajstić information content (AvgIpc) is 2.84. The molecule has 0 aromatic rings. The molecule has 138 valence electrons. The zero-order valence-electron chi connectivity index (χ0n) is 15.8. The molecule has 0 aromatic heterocycles. The minimum absolute atomic E-state index is 0.0236. The summed E-state index contributed by atoms with van der Waals surface area (Å²) in [5.74, 6) is 6.18. The number of carbonyl (C=O) groups is 2. The minimum Gasteiger partial charge on any atom is -0.469 e. The second-order valence-corrected chi connectivity index (χ2v) is 7.60. The second kappa shape index (κ2) is 8.42. The van der Waals surface area contributed by atoms with Gasteiger partial charge in [-0.1, -0.05) is 17.9 Å². The Bertz CT molecular complexity index is 591. The Hall–Kier alpha value is -1.96. The maximum absolute atomic E-state index is 12.6. The molecule has 1 saturated heterocycles. The Kier molecular flexibility index (Phi) is 6.52. The highest BCUT2D eigenvalue weighted by Crippen LogP contribution is 2.35. The van der Waals surface area contributed by atoms with Crippen LogP contribution in [-0.4, -0.2) is 41.8 Å². The van der Waals surface area contributed by atoms with Crippen LogP contribution in [0.4, 0.5) is 4.79 Å². The van der Waals surface area contributed by atoms with E-state index >= 15 is 0 Å². The quantitative estimate of drug-likeness (QED) is 0.442. The van der Waals surface area contributed by atoms with Crippen molar-refractivity contribution in [3.8, 4) is 11.8 Å². The van der Waals surface area contributed by atoms with Crippen molar-refractivity contribution in [3.63, 3.8) is 0 Å². The molecule has 2 aliphatic heterocycles. The number of esters is 1. The molecule has 0 radical (unpaired) electrons. The van der Waals surface area contributed by atoms with E-state index in [9.17, 15) is 9.59 Å².